The minimum Gasteiger partial charge on any atom is -0.379 e. The Bertz CT molecular complexity index is 652. The highest BCUT2D eigenvalue weighted by Crippen LogP contribution is 2.19. The van der Waals surface area contributed by atoms with E-state index in [-0.39, 0.29) is 0 Å². The molecule has 2 N–H and O–H groups in total. The summed E-state index contributed by atoms with van der Waals surface area (Å²) in [7, 11) is 0. The van der Waals surface area contributed by atoms with Gasteiger partial charge in [-0.15, -0.1) is 0 Å². The number of nitrogens with zero attached hydrogens (tertiary/aromatic N) is 3. The maximum atomic E-state index is 4.16. The summed E-state index contributed by atoms with van der Waals surface area (Å²) in [6, 6.07) is 8.30. The average Bonchev–Trinajstić information content (AvgIpc) is 3.16. The fraction of sp³-hybridized carbons (Fsp3) is 0.200. The number of H-pyrrole nitrogens is 1. The molecule has 0 aliphatic heterocycles. The molecule has 2 aromatic heterocycles. The normalized spacial score (nSPS) is 10.7. The highest BCUT2D eigenvalue weighted by atomic mass is 15.1. The van der Waals surface area contributed by atoms with Crippen molar-refractivity contribution in [1.82, 2.24) is 19.5 Å². The van der Waals surface area contributed by atoms with Gasteiger partial charge in [-0.25, -0.2) is 9.97 Å². The minimum absolute atomic E-state index is 0.775. The monoisotopic (exact) mass is 267 g/mol. The molecule has 0 aliphatic carbocycles. The zero-order valence-electron chi connectivity index (χ0n) is 11.4. The Morgan fingerprint density at radius 3 is 2.70 bits per heavy atom. The van der Waals surface area contributed by atoms with Crippen LogP contribution in [-0.2, 0) is 13.1 Å². The van der Waals surface area contributed by atoms with Crippen molar-refractivity contribution < 1.29 is 0 Å². The summed E-state index contributed by atoms with van der Waals surface area (Å²) < 4.78 is 2.13. The molecule has 0 unspecified atom stereocenters. The van der Waals surface area contributed by atoms with Crippen LogP contribution in [0, 0.1) is 0 Å². The van der Waals surface area contributed by atoms with Gasteiger partial charge in [0.05, 0.1) is 36.8 Å². The first kappa shape index (κ1) is 12.5. The van der Waals surface area contributed by atoms with Gasteiger partial charge in [0.1, 0.15) is 0 Å². The van der Waals surface area contributed by atoms with Crippen molar-refractivity contribution in [2.45, 2.75) is 20.0 Å². The molecule has 5 heteroatoms. The highest BCUT2D eigenvalue weighted by Gasteiger charge is 2.01. The van der Waals surface area contributed by atoms with Crippen LogP contribution in [0.4, 0.5) is 5.69 Å². The number of hydrogen-bond acceptors (Lipinski definition) is 3. The van der Waals surface area contributed by atoms with Gasteiger partial charge >= 0.3 is 0 Å². The standard InChI is InChI=1S/C15H17N5/c1-2-20-11-17-7-14(20)8-18-13-5-3-12(4-6-13)15-9-16-10-19-15/h3-7,9-11,18H,2,8H2,1H3,(H,16,19). The molecule has 0 aliphatic rings. The van der Waals surface area contributed by atoms with Crippen LogP contribution in [0.1, 0.15) is 12.6 Å². The molecule has 3 aromatic rings. The van der Waals surface area contributed by atoms with Crippen LogP contribution in [0.3, 0.4) is 0 Å². The maximum absolute atomic E-state index is 4.16. The van der Waals surface area contributed by atoms with Gasteiger partial charge < -0.3 is 14.9 Å². The van der Waals surface area contributed by atoms with Crippen LogP contribution in [0.2, 0.25) is 0 Å². The summed E-state index contributed by atoms with van der Waals surface area (Å²) in [5.74, 6) is 0. The van der Waals surface area contributed by atoms with Crippen molar-refractivity contribution in [3.05, 3.63) is 55.0 Å². The van der Waals surface area contributed by atoms with E-state index in [1.165, 1.54) is 5.69 Å². The Hall–Kier alpha value is -2.56. The Labute approximate surface area is 117 Å². The highest BCUT2D eigenvalue weighted by molar-refractivity contribution is 5.61. The molecule has 0 radical (unpaired) electrons. The molecule has 102 valence electrons. The van der Waals surface area contributed by atoms with E-state index in [4.69, 9.17) is 0 Å². The molecular formula is C15H17N5. The quantitative estimate of drug-likeness (QED) is 0.747. The van der Waals surface area contributed by atoms with E-state index in [9.17, 15) is 0 Å². The summed E-state index contributed by atoms with van der Waals surface area (Å²) in [5, 5.41) is 3.41. The van der Waals surface area contributed by atoms with E-state index in [0.717, 1.165) is 30.0 Å². The Balaban J connectivity index is 1.67. The van der Waals surface area contributed by atoms with Crippen molar-refractivity contribution in [3.63, 3.8) is 0 Å². The molecule has 0 fully saturated rings. The first-order chi connectivity index (χ1) is 9.86. The van der Waals surface area contributed by atoms with Gasteiger partial charge in [-0.3, -0.25) is 0 Å². The Morgan fingerprint density at radius 2 is 2.00 bits per heavy atom. The van der Waals surface area contributed by atoms with E-state index >= 15 is 0 Å². The van der Waals surface area contributed by atoms with Crippen LogP contribution in [0.15, 0.2) is 49.3 Å². The molecule has 0 atom stereocenters. The van der Waals surface area contributed by atoms with Gasteiger partial charge in [0.2, 0.25) is 0 Å². The summed E-state index contributed by atoms with van der Waals surface area (Å²) in [5.41, 5.74) is 4.44. The van der Waals surface area contributed by atoms with Crippen molar-refractivity contribution >= 4 is 5.69 Å². The summed E-state index contributed by atoms with van der Waals surface area (Å²) >= 11 is 0. The predicted molar refractivity (Wildman–Crippen MR) is 79.3 cm³/mol. The Morgan fingerprint density at radius 1 is 1.15 bits per heavy atom. The van der Waals surface area contributed by atoms with Crippen molar-refractivity contribution in [2.75, 3.05) is 5.32 Å². The lowest BCUT2D eigenvalue weighted by Gasteiger charge is -2.08. The number of imidazole rings is 2. The molecule has 0 saturated carbocycles. The second kappa shape index (κ2) is 5.61. The number of aromatic nitrogens is 4. The number of benzene rings is 1. The number of nitrogens with one attached hydrogen (secondary N) is 2. The Kier molecular flexibility index (Phi) is 3.50. The van der Waals surface area contributed by atoms with Gasteiger partial charge in [0.15, 0.2) is 0 Å². The number of aryl methyl sites for hydroxylation is 1. The fourth-order valence-corrected chi connectivity index (χ4v) is 2.15. The summed E-state index contributed by atoms with van der Waals surface area (Å²) in [6.07, 6.45) is 7.27. The average molecular weight is 267 g/mol. The lowest BCUT2D eigenvalue weighted by molar-refractivity contribution is 0.719. The minimum atomic E-state index is 0.775. The van der Waals surface area contributed by atoms with E-state index in [1.807, 2.05) is 18.7 Å². The maximum Gasteiger partial charge on any atom is 0.0948 e. The SMILES string of the molecule is CCn1cncc1CNc1ccc(-c2cnc[nH]2)cc1. The third-order valence-electron chi connectivity index (χ3n) is 3.31. The second-order valence-corrected chi connectivity index (χ2v) is 4.57. The smallest absolute Gasteiger partial charge is 0.0948 e. The third kappa shape index (κ3) is 2.56. The van der Waals surface area contributed by atoms with E-state index in [0.29, 0.717) is 0 Å². The summed E-state index contributed by atoms with van der Waals surface area (Å²) in [6.45, 7) is 3.83. The van der Waals surface area contributed by atoms with E-state index in [1.54, 1.807) is 6.33 Å². The van der Waals surface area contributed by atoms with Crippen molar-refractivity contribution in [2.24, 2.45) is 0 Å². The lowest BCUT2D eigenvalue weighted by Crippen LogP contribution is -2.05. The molecule has 0 bridgehead atoms. The number of anilines is 1. The van der Waals surface area contributed by atoms with Crippen LogP contribution in [0.5, 0.6) is 0 Å². The van der Waals surface area contributed by atoms with Gasteiger partial charge in [-0.2, -0.15) is 0 Å². The molecule has 20 heavy (non-hydrogen) atoms. The van der Waals surface area contributed by atoms with Gasteiger partial charge in [0, 0.05) is 18.4 Å². The molecule has 0 saturated heterocycles. The second-order valence-electron chi connectivity index (χ2n) is 4.57. The fourth-order valence-electron chi connectivity index (χ4n) is 2.15. The molecule has 5 nitrogen and oxygen atoms in total. The van der Waals surface area contributed by atoms with E-state index in [2.05, 4.69) is 56.0 Å². The zero-order chi connectivity index (χ0) is 13.8. The third-order valence-corrected chi connectivity index (χ3v) is 3.31. The number of hydrogen-bond donors (Lipinski definition) is 2. The van der Waals surface area contributed by atoms with Crippen LogP contribution >= 0.6 is 0 Å². The van der Waals surface area contributed by atoms with Gasteiger partial charge in [-0.1, -0.05) is 12.1 Å². The van der Waals surface area contributed by atoms with E-state index < -0.39 is 0 Å². The van der Waals surface area contributed by atoms with Crippen molar-refractivity contribution in [3.8, 4) is 11.3 Å². The first-order valence-electron chi connectivity index (χ1n) is 6.68. The predicted octanol–water partition coefficient (Wildman–Crippen LogP) is 2.91. The molecule has 0 spiro atoms. The van der Waals surface area contributed by atoms with Gasteiger partial charge in [-0.05, 0) is 24.6 Å². The van der Waals surface area contributed by atoms with Crippen LogP contribution < -0.4 is 5.32 Å². The number of aromatic amines is 1. The lowest BCUT2D eigenvalue weighted by atomic mass is 10.1. The van der Waals surface area contributed by atoms with Gasteiger partial charge in [0.25, 0.3) is 0 Å². The molecule has 2 heterocycles. The molecular weight excluding hydrogens is 250 g/mol. The number of rotatable bonds is 5. The first-order valence-corrected chi connectivity index (χ1v) is 6.68. The van der Waals surface area contributed by atoms with Crippen LogP contribution in [0.25, 0.3) is 11.3 Å². The largest absolute Gasteiger partial charge is 0.379 e. The molecule has 1 aromatic carbocycles. The molecule has 3 rings (SSSR count). The van der Waals surface area contributed by atoms with Crippen LogP contribution in [-0.4, -0.2) is 19.5 Å². The zero-order valence-corrected chi connectivity index (χ0v) is 11.4. The van der Waals surface area contributed by atoms with Crippen molar-refractivity contribution in [1.29, 1.82) is 0 Å². The summed E-state index contributed by atoms with van der Waals surface area (Å²) in [4.78, 5) is 11.3. The topological polar surface area (TPSA) is 58.5 Å². The molecule has 0 amide bonds.